The molecule has 1 amide bonds. The molecule has 1 heterocycles. The summed E-state index contributed by atoms with van der Waals surface area (Å²) in [6.45, 7) is -0.746. The molecule has 0 radical (unpaired) electrons. The second-order valence-electron chi connectivity index (χ2n) is 6.44. The molecule has 1 atom stereocenters. The van der Waals surface area contributed by atoms with Crippen LogP contribution in [0, 0.1) is 0 Å². The quantitative estimate of drug-likeness (QED) is 0.771. The Bertz CT molecular complexity index is 929. The molecule has 0 saturated carbocycles. The van der Waals surface area contributed by atoms with Crippen molar-refractivity contribution in [1.82, 2.24) is 5.01 Å². The minimum absolute atomic E-state index is 0.0378. The number of hydrazone groups is 1. The van der Waals surface area contributed by atoms with E-state index < -0.39 is 30.8 Å². The third kappa shape index (κ3) is 4.18. The van der Waals surface area contributed by atoms with Crippen LogP contribution in [0.15, 0.2) is 53.6 Å². The highest BCUT2D eigenvalue weighted by Crippen LogP contribution is 2.41. The van der Waals surface area contributed by atoms with Crippen LogP contribution in [0.2, 0.25) is 0 Å². The molecule has 30 heavy (non-hydrogen) atoms. The van der Waals surface area contributed by atoms with Gasteiger partial charge in [-0.1, -0.05) is 0 Å². The molecular formula is C20H19F3N2O5. The van der Waals surface area contributed by atoms with E-state index in [1.165, 1.54) is 38.5 Å². The lowest BCUT2D eigenvalue weighted by molar-refractivity contribution is -0.302. The van der Waals surface area contributed by atoms with Crippen LogP contribution in [0.1, 0.15) is 12.0 Å². The molecule has 0 aromatic heterocycles. The van der Waals surface area contributed by atoms with Gasteiger partial charge in [-0.3, -0.25) is 4.79 Å². The molecule has 1 N–H and O–H groups in total. The first-order valence-electron chi connectivity index (χ1n) is 8.79. The number of hydrogen-bond acceptors (Lipinski definition) is 6. The summed E-state index contributed by atoms with van der Waals surface area (Å²) >= 11 is 0. The third-order valence-corrected chi connectivity index (χ3v) is 4.52. The van der Waals surface area contributed by atoms with E-state index in [9.17, 15) is 23.1 Å². The van der Waals surface area contributed by atoms with E-state index in [4.69, 9.17) is 14.2 Å². The Hall–Kier alpha value is -3.27. The number of nitrogens with zero attached hydrogens (tertiary/aromatic N) is 2. The Morgan fingerprint density at radius 3 is 2.03 bits per heavy atom. The first-order chi connectivity index (χ1) is 14.2. The number of alkyl halides is 3. The number of rotatable bonds is 6. The van der Waals surface area contributed by atoms with Gasteiger partial charge in [-0.15, -0.1) is 0 Å². The molecule has 0 bridgehead atoms. The Morgan fingerprint density at radius 2 is 1.53 bits per heavy atom. The lowest BCUT2D eigenvalue weighted by Gasteiger charge is -2.32. The topological polar surface area (TPSA) is 80.6 Å². The lowest BCUT2D eigenvalue weighted by atomic mass is 10.0. The maximum absolute atomic E-state index is 13.6. The first kappa shape index (κ1) is 21.4. The molecular weight excluding hydrogens is 405 g/mol. The van der Waals surface area contributed by atoms with E-state index in [0.29, 0.717) is 17.1 Å². The molecule has 1 aliphatic heterocycles. The molecule has 2 aromatic carbocycles. The molecule has 3 rings (SSSR count). The van der Waals surface area contributed by atoms with Gasteiger partial charge in [0.25, 0.3) is 11.6 Å². The highest BCUT2D eigenvalue weighted by molar-refractivity contribution is 6.03. The summed E-state index contributed by atoms with van der Waals surface area (Å²) in [6, 6.07) is 12.2. The number of amides is 1. The molecule has 0 fully saturated rings. The summed E-state index contributed by atoms with van der Waals surface area (Å²) in [5, 5.41) is 14.1. The van der Waals surface area contributed by atoms with Crippen LogP contribution >= 0.6 is 0 Å². The van der Waals surface area contributed by atoms with Gasteiger partial charge in [-0.25, -0.2) is 0 Å². The Labute approximate surface area is 170 Å². The van der Waals surface area contributed by atoms with Crippen LogP contribution in [-0.2, 0) is 4.79 Å². The smallest absolute Gasteiger partial charge is 0.438 e. The van der Waals surface area contributed by atoms with E-state index in [0.717, 1.165) is 0 Å². The maximum Gasteiger partial charge on any atom is 0.438 e. The van der Waals surface area contributed by atoms with Gasteiger partial charge >= 0.3 is 6.18 Å². The molecule has 1 aliphatic rings. The van der Waals surface area contributed by atoms with Gasteiger partial charge in [0.15, 0.2) is 6.61 Å². The summed E-state index contributed by atoms with van der Waals surface area (Å²) in [7, 11) is 2.93. The van der Waals surface area contributed by atoms with E-state index >= 15 is 0 Å². The van der Waals surface area contributed by atoms with E-state index in [1.54, 1.807) is 24.3 Å². The maximum atomic E-state index is 13.6. The minimum Gasteiger partial charge on any atom is -0.497 e. The average molecular weight is 424 g/mol. The van der Waals surface area contributed by atoms with Gasteiger partial charge in [0.2, 0.25) is 0 Å². The summed E-state index contributed by atoms with van der Waals surface area (Å²) < 4.78 is 56.1. The van der Waals surface area contributed by atoms with Crippen molar-refractivity contribution in [3.63, 3.8) is 0 Å². The lowest BCUT2D eigenvalue weighted by Crippen LogP contribution is -2.57. The van der Waals surface area contributed by atoms with Crippen molar-refractivity contribution in [3.8, 4) is 17.2 Å². The Morgan fingerprint density at radius 1 is 1.03 bits per heavy atom. The fourth-order valence-electron chi connectivity index (χ4n) is 2.85. The van der Waals surface area contributed by atoms with Gasteiger partial charge in [-0.05, 0) is 54.1 Å². The van der Waals surface area contributed by atoms with Gasteiger partial charge in [0.1, 0.15) is 17.2 Å². The number of methoxy groups -OCH3 is 2. The van der Waals surface area contributed by atoms with Crippen molar-refractivity contribution in [3.05, 3.63) is 54.1 Å². The zero-order valence-electron chi connectivity index (χ0n) is 16.1. The summed E-state index contributed by atoms with van der Waals surface area (Å²) in [5.74, 6) is 0.157. The highest BCUT2D eigenvalue weighted by Gasteiger charge is 2.63. The third-order valence-electron chi connectivity index (χ3n) is 4.52. The molecule has 10 heteroatoms. The van der Waals surface area contributed by atoms with Gasteiger partial charge in [0.05, 0.1) is 26.4 Å². The zero-order chi connectivity index (χ0) is 21.9. The van der Waals surface area contributed by atoms with Crippen LogP contribution in [0.4, 0.5) is 13.2 Å². The Kier molecular flexibility index (Phi) is 5.88. The summed E-state index contributed by atoms with van der Waals surface area (Å²) in [6.07, 6.45) is -6.03. The van der Waals surface area contributed by atoms with Gasteiger partial charge in [0, 0.05) is 0 Å². The minimum atomic E-state index is -5.12. The second-order valence-corrected chi connectivity index (χ2v) is 6.44. The van der Waals surface area contributed by atoms with E-state index in [1.807, 2.05) is 0 Å². The molecule has 0 spiro atoms. The van der Waals surface area contributed by atoms with Crippen LogP contribution in [0.3, 0.4) is 0 Å². The van der Waals surface area contributed by atoms with Crippen molar-refractivity contribution in [2.24, 2.45) is 5.10 Å². The summed E-state index contributed by atoms with van der Waals surface area (Å²) in [4.78, 5) is 12.5. The molecule has 0 saturated heterocycles. The largest absolute Gasteiger partial charge is 0.497 e. The van der Waals surface area contributed by atoms with Crippen molar-refractivity contribution in [2.45, 2.75) is 18.3 Å². The van der Waals surface area contributed by atoms with Crippen molar-refractivity contribution in [1.29, 1.82) is 0 Å². The zero-order valence-corrected chi connectivity index (χ0v) is 16.1. The Balaban J connectivity index is 1.81. The normalized spacial score (nSPS) is 18.7. The number of ether oxygens (including phenoxy) is 3. The molecule has 0 aliphatic carbocycles. The van der Waals surface area contributed by atoms with Crippen molar-refractivity contribution in [2.75, 3.05) is 20.8 Å². The number of hydrogen-bond donors (Lipinski definition) is 1. The average Bonchev–Trinajstić information content (AvgIpc) is 3.11. The molecule has 160 valence electrons. The number of benzene rings is 2. The van der Waals surface area contributed by atoms with Crippen molar-refractivity contribution >= 4 is 11.6 Å². The monoisotopic (exact) mass is 424 g/mol. The van der Waals surface area contributed by atoms with Crippen LogP contribution in [-0.4, -0.2) is 54.5 Å². The van der Waals surface area contributed by atoms with Crippen LogP contribution in [0.5, 0.6) is 17.2 Å². The predicted molar refractivity (Wildman–Crippen MR) is 100 cm³/mol. The van der Waals surface area contributed by atoms with Crippen LogP contribution in [0.25, 0.3) is 0 Å². The predicted octanol–water partition coefficient (Wildman–Crippen LogP) is 2.97. The van der Waals surface area contributed by atoms with E-state index in [-0.39, 0.29) is 16.5 Å². The van der Waals surface area contributed by atoms with Crippen molar-refractivity contribution < 1.29 is 37.3 Å². The molecule has 0 unspecified atom stereocenters. The summed E-state index contributed by atoms with van der Waals surface area (Å²) in [5.41, 5.74) is -3.23. The van der Waals surface area contributed by atoms with Gasteiger partial charge < -0.3 is 19.3 Å². The number of carbonyl (C=O) groups excluding carboxylic acids is 1. The second kappa shape index (κ2) is 8.23. The van der Waals surface area contributed by atoms with E-state index in [2.05, 4.69) is 5.10 Å². The van der Waals surface area contributed by atoms with Crippen LogP contribution < -0.4 is 14.2 Å². The molecule has 2 aromatic rings. The molecule has 7 nitrogen and oxygen atoms in total. The fraction of sp³-hybridized carbons (Fsp3) is 0.300. The standard InChI is InChI=1S/C20H19F3N2O5/c1-28-14-5-3-13(4-6-14)17-11-19(27,20(21,22)23)25(24-17)18(26)12-30-16-9-7-15(29-2)8-10-16/h3-10,27H,11-12H2,1-2H3/t19-/m1/s1. The van der Waals surface area contributed by atoms with Gasteiger partial charge in [-0.2, -0.15) is 23.3 Å². The fourth-order valence-corrected chi connectivity index (χ4v) is 2.85. The highest BCUT2D eigenvalue weighted by atomic mass is 19.4. The first-order valence-corrected chi connectivity index (χ1v) is 8.79. The number of aliphatic hydroxyl groups is 1. The SMILES string of the molecule is COc1ccc(OCC(=O)N2N=C(c3ccc(OC)cc3)C[C@@]2(O)C(F)(F)F)cc1. The number of carbonyl (C=O) groups is 1. The number of halogens is 3.